The van der Waals surface area contributed by atoms with Crippen molar-refractivity contribution in [3.63, 3.8) is 0 Å². The van der Waals surface area contributed by atoms with Crippen molar-refractivity contribution in [2.24, 2.45) is 0 Å². The zero-order valence-electron chi connectivity index (χ0n) is 18.5. The van der Waals surface area contributed by atoms with E-state index in [1.807, 2.05) is 0 Å². The molecule has 0 unspecified atom stereocenters. The van der Waals surface area contributed by atoms with Crippen molar-refractivity contribution in [3.8, 4) is 23.0 Å². The van der Waals surface area contributed by atoms with Crippen LogP contribution in [-0.2, 0) is 21.2 Å². The van der Waals surface area contributed by atoms with E-state index in [0.717, 1.165) is 9.87 Å². The first-order chi connectivity index (χ1) is 14.7. The SMILES string of the molecule is COc1ccc(S(=O)(=O)N(C)C)cc1NC(=O)CCc1cc(OC)c(OC)c(OC)c1. The molecule has 170 valence electrons. The van der Waals surface area contributed by atoms with Crippen molar-refractivity contribution in [3.05, 3.63) is 35.9 Å². The molecule has 31 heavy (non-hydrogen) atoms. The highest BCUT2D eigenvalue weighted by atomic mass is 32.2. The Morgan fingerprint density at radius 1 is 0.903 bits per heavy atom. The third-order valence-electron chi connectivity index (χ3n) is 4.59. The normalized spacial score (nSPS) is 11.2. The van der Waals surface area contributed by atoms with Gasteiger partial charge in [0.1, 0.15) is 5.75 Å². The van der Waals surface area contributed by atoms with Crippen molar-refractivity contribution in [1.82, 2.24) is 4.31 Å². The van der Waals surface area contributed by atoms with Gasteiger partial charge in [-0.15, -0.1) is 0 Å². The first-order valence-corrected chi connectivity index (χ1v) is 10.8. The molecule has 2 aromatic carbocycles. The maximum absolute atomic E-state index is 12.6. The zero-order valence-corrected chi connectivity index (χ0v) is 19.3. The van der Waals surface area contributed by atoms with Crippen LogP contribution in [0.2, 0.25) is 0 Å². The molecule has 0 atom stereocenters. The van der Waals surface area contributed by atoms with Crippen molar-refractivity contribution < 1.29 is 32.2 Å². The molecule has 0 saturated carbocycles. The average Bonchev–Trinajstić information content (AvgIpc) is 2.76. The van der Waals surface area contributed by atoms with Gasteiger partial charge in [-0.3, -0.25) is 4.79 Å². The minimum Gasteiger partial charge on any atom is -0.495 e. The lowest BCUT2D eigenvalue weighted by atomic mass is 10.1. The number of nitrogens with zero attached hydrogens (tertiary/aromatic N) is 1. The fourth-order valence-corrected chi connectivity index (χ4v) is 3.83. The van der Waals surface area contributed by atoms with Crippen LogP contribution < -0.4 is 24.3 Å². The fraction of sp³-hybridized carbons (Fsp3) is 0.381. The predicted molar refractivity (Wildman–Crippen MR) is 117 cm³/mol. The summed E-state index contributed by atoms with van der Waals surface area (Å²) >= 11 is 0. The third-order valence-corrected chi connectivity index (χ3v) is 6.40. The number of carbonyl (C=O) groups is 1. The van der Waals surface area contributed by atoms with Crippen LogP contribution in [0.15, 0.2) is 35.2 Å². The molecule has 10 heteroatoms. The molecule has 0 aromatic heterocycles. The Morgan fingerprint density at radius 2 is 1.48 bits per heavy atom. The number of nitrogens with one attached hydrogen (secondary N) is 1. The second-order valence-corrected chi connectivity index (χ2v) is 8.88. The Kier molecular flexibility index (Phi) is 8.12. The topological polar surface area (TPSA) is 103 Å². The van der Waals surface area contributed by atoms with E-state index in [0.29, 0.717) is 29.4 Å². The molecule has 0 spiro atoms. The van der Waals surface area contributed by atoms with E-state index in [4.69, 9.17) is 18.9 Å². The molecule has 0 aliphatic carbocycles. The maximum Gasteiger partial charge on any atom is 0.242 e. The van der Waals surface area contributed by atoms with Gasteiger partial charge in [0, 0.05) is 20.5 Å². The molecule has 0 bridgehead atoms. The highest BCUT2D eigenvalue weighted by molar-refractivity contribution is 7.89. The lowest BCUT2D eigenvalue weighted by Crippen LogP contribution is -2.22. The van der Waals surface area contributed by atoms with E-state index in [1.165, 1.54) is 60.7 Å². The summed E-state index contributed by atoms with van der Waals surface area (Å²) in [5.41, 5.74) is 1.10. The quantitative estimate of drug-likeness (QED) is 0.591. The van der Waals surface area contributed by atoms with Crippen LogP contribution in [0.3, 0.4) is 0 Å². The number of ether oxygens (including phenoxy) is 4. The average molecular weight is 453 g/mol. The number of hydrogen-bond donors (Lipinski definition) is 1. The number of aryl methyl sites for hydroxylation is 1. The standard InChI is InChI=1S/C21H28N2O7S/c1-23(2)31(25,26)15-8-9-17(27-3)16(13-15)22-20(24)10-7-14-11-18(28-4)21(30-6)19(12-14)29-5/h8-9,11-13H,7,10H2,1-6H3,(H,22,24). The zero-order chi connectivity index (χ0) is 23.2. The van der Waals surface area contributed by atoms with Crippen LogP contribution in [0.1, 0.15) is 12.0 Å². The Morgan fingerprint density at radius 3 is 1.97 bits per heavy atom. The van der Waals surface area contributed by atoms with Crippen LogP contribution in [0.5, 0.6) is 23.0 Å². The number of amides is 1. The van der Waals surface area contributed by atoms with Crippen LogP contribution in [0, 0.1) is 0 Å². The summed E-state index contributed by atoms with van der Waals surface area (Å²) in [6.45, 7) is 0. The first kappa shape index (κ1) is 24.3. The molecule has 9 nitrogen and oxygen atoms in total. The van der Waals surface area contributed by atoms with Gasteiger partial charge in [-0.05, 0) is 42.3 Å². The molecule has 0 aliphatic rings. The highest BCUT2D eigenvalue weighted by Crippen LogP contribution is 2.38. The van der Waals surface area contributed by atoms with Gasteiger partial charge in [0.15, 0.2) is 11.5 Å². The second kappa shape index (κ2) is 10.4. The Labute approximate surface area is 182 Å². The number of sulfonamides is 1. The van der Waals surface area contributed by atoms with Gasteiger partial charge in [-0.1, -0.05) is 0 Å². The van der Waals surface area contributed by atoms with E-state index in [-0.39, 0.29) is 22.9 Å². The maximum atomic E-state index is 12.6. The molecule has 2 aromatic rings. The Bertz CT molecular complexity index is 1010. The van der Waals surface area contributed by atoms with Gasteiger partial charge in [-0.25, -0.2) is 12.7 Å². The largest absolute Gasteiger partial charge is 0.495 e. The van der Waals surface area contributed by atoms with E-state index in [9.17, 15) is 13.2 Å². The van der Waals surface area contributed by atoms with Gasteiger partial charge in [0.2, 0.25) is 21.7 Å². The monoisotopic (exact) mass is 452 g/mol. The van der Waals surface area contributed by atoms with E-state index in [1.54, 1.807) is 12.1 Å². The number of carbonyl (C=O) groups excluding carboxylic acids is 1. The fourth-order valence-electron chi connectivity index (χ4n) is 2.91. The summed E-state index contributed by atoms with van der Waals surface area (Å²) in [5, 5.41) is 2.73. The molecule has 0 heterocycles. The van der Waals surface area contributed by atoms with Crippen LogP contribution in [-0.4, -0.2) is 61.2 Å². The summed E-state index contributed by atoms with van der Waals surface area (Å²) < 4.78 is 47.1. The number of rotatable bonds is 10. The van der Waals surface area contributed by atoms with Gasteiger partial charge >= 0.3 is 0 Å². The molecule has 1 N–H and O–H groups in total. The minimum atomic E-state index is -3.65. The van der Waals surface area contributed by atoms with Crippen molar-refractivity contribution in [2.45, 2.75) is 17.7 Å². The highest BCUT2D eigenvalue weighted by Gasteiger charge is 2.20. The number of hydrogen-bond acceptors (Lipinski definition) is 7. The number of methoxy groups -OCH3 is 4. The molecule has 0 radical (unpaired) electrons. The molecule has 2 rings (SSSR count). The van der Waals surface area contributed by atoms with Gasteiger partial charge in [0.05, 0.1) is 39.0 Å². The Balaban J connectivity index is 2.20. The number of anilines is 1. The molecule has 0 aliphatic heterocycles. The van der Waals surface area contributed by atoms with Crippen molar-refractivity contribution in [1.29, 1.82) is 0 Å². The Hall–Kier alpha value is -2.98. The molecule has 1 amide bonds. The van der Waals surface area contributed by atoms with Crippen LogP contribution in [0.4, 0.5) is 5.69 Å². The summed E-state index contributed by atoms with van der Waals surface area (Å²) in [4.78, 5) is 12.6. The smallest absolute Gasteiger partial charge is 0.242 e. The lowest BCUT2D eigenvalue weighted by Gasteiger charge is -2.16. The van der Waals surface area contributed by atoms with Crippen LogP contribution >= 0.6 is 0 Å². The second-order valence-electron chi connectivity index (χ2n) is 6.73. The molecular formula is C21H28N2O7S. The first-order valence-electron chi connectivity index (χ1n) is 9.37. The summed E-state index contributed by atoms with van der Waals surface area (Å²) in [7, 11) is 5.24. The summed E-state index contributed by atoms with van der Waals surface area (Å²) in [6.07, 6.45) is 0.549. The molecule has 0 saturated heterocycles. The molecular weight excluding hydrogens is 424 g/mol. The van der Waals surface area contributed by atoms with E-state index >= 15 is 0 Å². The van der Waals surface area contributed by atoms with Gasteiger partial charge in [-0.2, -0.15) is 0 Å². The molecule has 0 fully saturated rings. The van der Waals surface area contributed by atoms with E-state index < -0.39 is 10.0 Å². The number of benzene rings is 2. The van der Waals surface area contributed by atoms with Crippen molar-refractivity contribution in [2.75, 3.05) is 47.9 Å². The third kappa shape index (κ3) is 5.59. The van der Waals surface area contributed by atoms with Gasteiger partial charge < -0.3 is 24.3 Å². The summed E-state index contributed by atoms with van der Waals surface area (Å²) in [5.74, 6) is 1.54. The van der Waals surface area contributed by atoms with E-state index in [2.05, 4.69) is 5.32 Å². The van der Waals surface area contributed by atoms with Gasteiger partial charge in [0.25, 0.3) is 0 Å². The lowest BCUT2D eigenvalue weighted by molar-refractivity contribution is -0.116. The van der Waals surface area contributed by atoms with Crippen LogP contribution in [0.25, 0.3) is 0 Å². The minimum absolute atomic E-state index is 0.0539. The van der Waals surface area contributed by atoms with Crippen molar-refractivity contribution >= 4 is 21.6 Å². The predicted octanol–water partition coefficient (Wildman–Crippen LogP) is 2.54. The summed E-state index contributed by atoms with van der Waals surface area (Å²) in [6, 6.07) is 7.87.